The van der Waals surface area contributed by atoms with Gasteiger partial charge in [0.25, 0.3) is 0 Å². The Bertz CT molecular complexity index is 228. The molecule has 0 aliphatic carbocycles. The van der Waals surface area contributed by atoms with Gasteiger partial charge in [0.05, 0.1) is 17.8 Å². The highest BCUT2D eigenvalue weighted by atomic mass is 16.5. The zero-order chi connectivity index (χ0) is 11.6. The lowest BCUT2D eigenvalue weighted by Crippen LogP contribution is -2.41. The molecule has 0 aromatic heterocycles. The summed E-state index contributed by atoms with van der Waals surface area (Å²) in [6.45, 7) is 8.42. The third kappa shape index (κ3) is 3.44. The molecule has 3 heteroatoms. The summed E-state index contributed by atoms with van der Waals surface area (Å²) in [5.74, 6) is 0. The summed E-state index contributed by atoms with van der Waals surface area (Å²) in [4.78, 5) is 0. The fraction of sp³-hybridized carbons (Fsp3) is 1.00. The predicted octanol–water partition coefficient (Wildman–Crippen LogP) is 2.10. The minimum absolute atomic E-state index is 0.0926. The second-order valence-electron chi connectivity index (χ2n) is 5.85. The van der Waals surface area contributed by atoms with Gasteiger partial charge in [0.2, 0.25) is 0 Å². The van der Waals surface area contributed by atoms with Crippen molar-refractivity contribution in [2.24, 2.45) is 0 Å². The molecule has 0 aromatic carbocycles. The molecule has 94 valence electrons. The van der Waals surface area contributed by atoms with Crippen molar-refractivity contribution in [2.45, 2.75) is 70.3 Å². The van der Waals surface area contributed by atoms with Crippen LogP contribution in [-0.2, 0) is 9.47 Å². The van der Waals surface area contributed by atoms with Gasteiger partial charge in [-0.1, -0.05) is 0 Å². The molecule has 0 saturated carbocycles. The van der Waals surface area contributed by atoms with E-state index in [4.69, 9.17) is 9.47 Å². The van der Waals surface area contributed by atoms with Crippen LogP contribution in [0, 0.1) is 0 Å². The summed E-state index contributed by atoms with van der Waals surface area (Å²) in [6.07, 6.45) is 5.47. The minimum Gasteiger partial charge on any atom is -0.378 e. The molecule has 3 nitrogen and oxygen atoms in total. The first-order valence-electron chi connectivity index (χ1n) is 6.58. The maximum atomic E-state index is 5.97. The molecule has 2 fully saturated rings. The van der Waals surface area contributed by atoms with Crippen molar-refractivity contribution in [1.29, 1.82) is 0 Å². The first kappa shape index (κ1) is 12.3. The minimum atomic E-state index is 0.0926. The quantitative estimate of drug-likeness (QED) is 0.801. The molecule has 3 unspecified atom stereocenters. The van der Waals surface area contributed by atoms with Crippen molar-refractivity contribution >= 4 is 0 Å². The van der Waals surface area contributed by atoms with Gasteiger partial charge < -0.3 is 14.8 Å². The van der Waals surface area contributed by atoms with E-state index >= 15 is 0 Å². The van der Waals surface area contributed by atoms with Gasteiger partial charge in [-0.05, 0) is 46.5 Å². The van der Waals surface area contributed by atoms with Crippen LogP contribution >= 0.6 is 0 Å². The smallest absolute Gasteiger partial charge is 0.0707 e. The van der Waals surface area contributed by atoms with Gasteiger partial charge in [0.1, 0.15) is 0 Å². The second-order valence-corrected chi connectivity index (χ2v) is 5.85. The fourth-order valence-electron chi connectivity index (χ4n) is 2.70. The number of nitrogens with one attached hydrogen (secondary N) is 1. The van der Waals surface area contributed by atoms with Crippen LogP contribution < -0.4 is 5.32 Å². The van der Waals surface area contributed by atoms with E-state index in [0.717, 1.165) is 26.0 Å². The van der Waals surface area contributed by atoms with Crippen LogP contribution in [0.5, 0.6) is 0 Å². The molecule has 2 aliphatic heterocycles. The topological polar surface area (TPSA) is 30.5 Å². The molecule has 16 heavy (non-hydrogen) atoms. The van der Waals surface area contributed by atoms with E-state index in [0.29, 0.717) is 18.2 Å². The lowest BCUT2D eigenvalue weighted by atomic mass is 10.0. The van der Waals surface area contributed by atoms with E-state index in [1.54, 1.807) is 0 Å². The molecule has 3 atom stereocenters. The monoisotopic (exact) mass is 227 g/mol. The molecule has 0 bridgehead atoms. The van der Waals surface area contributed by atoms with Gasteiger partial charge >= 0.3 is 0 Å². The van der Waals surface area contributed by atoms with Crippen molar-refractivity contribution in [1.82, 2.24) is 5.32 Å². The second kappa shape index (κ2) is 5.03. The first-order valence-corrected chi connectivity index (χ1v) is 6.58. The number of hydrogen-bond donors (Lipinski definition) is 1. The van der Waals surface area contributed by atoms with Gasteiger partial charge in [0, 0.05) is 19.2 Å². The molecule has 2 saturated heterocycles. The molecule has 2 aliphatic rings. The fourth-order valence-corrected chi connectivity index (χ4v) is 2.70. The van der Waals surface area contributed by atoms with Gasteiger partial charge in [-0.3, -0.25) is 0 Å². The Morgan fingerprint density at radius 3 is 2.75 bits per heavy atom. The Morgan fingerprint density at radius 2 is 2.12 bits per heavy atom. The number of ether oxygens (including phenoxy) is 2. The van der Waals surface area contributed by atoms with Crippen LogP contribution in [0.4, 0.5) is 0 Å². The van der Waals surface area contributed by atoms with E-state index in [2.05, 4.69) is 26.1 Å². The largest absolute Gasteiger partial charge is 0.378 e. The Labute approximate surface area is 98.9 Å². The van der Waals surface area contributed by atoms with Crippen molar-refractivity contribution in [3.8, 4) is 0 Å². The summed E-state index contributed by atoms with van der Waals surface area (Å²) in [6, 6.07) is 0.621. The molecule has 0 spiro atoms. The predicted molar refractivity (Wildman–Crippen MR) is 64.6 cm³/mol. The Kier molecular flexibility index (Phi) is 3.88. The maximum absolute atomic E-state index is 5.97. The van der Waals surface area contributed by atoms with Crippen molar-refractivity contribution < 1.29 is 9.47 Å². The standard InChI is InChI=1S/C13H25NO2/c1-10-8-11(5-7-15-10)14-9-12-4-6-13(2,3)16-12/h10-12,14H,4-9H2,1-3H3. The lowest BCUT2D eigenvalue weighted by molar-refractivity contribution is -0.0214. The average molecular weight is 227 g/mol. The first-order chi connectivity index (χ1) is 7.55. The summed E-state index contributed by atoms with van der Waals surface area (Å²) >= 11 is 0. The van der Waals surface area contributed by atoms with Crippen LogP contribution in [-0.4, -0.2) is 37.0 Å². The third-order valence-electron chi connectivity index (χ3n) is 3.67. The summed E-state index contributed by atoms with van der Waals surface area (Å²) in [5.41, 5.74) is 0.0926. The average Bonchev–Trinajstić information content (AvgIpc) is 2.56. The van der Waals surface area contributed by atoms with E-state index in [1.807, 2.05) is 0 Å². The van der Waals surface area contributed by atoms with Crippen LogP contribution in [0.25, 0.3) is 0 Å². The van der Waals surface area contributed by atoms with Crippen molar-refractivity contribution in [3.05, 3.63) is 0 Å². The molecule has 2 heterocycles. The Hall–Kier alpha value is -0.120. The highest BCUT2D eigenvalue weighted by molar-refractivity contribution is 4.83. The van der Waals surface area contributed by atoms with E-state index in [1.165, 1.54) is 12.8 Å². The number of rotatable bonds is 3. The summed E-state index contributed by atoms with van der Waals surface area (Å²) in [5, 5.41) is 3.63. The van der Waals surface area contributed by atoms with Gasteiger partial charge in [-0.15, -0.1) is 0 Å². The summed E-state index contributed by atoms with van der Waals surface area (Å²) in [7, 11) is 0. The van der Waals surface area contributed by atoms with Crippen molar-refractivity contribution in [3.63, 3.8) is 0 Å². The Balaban J connectivity index is 1.68. The van der Waals surface area contributed by atoms with Crippen molar-refractivity contribution in [2.75, 3.05) is 13.2 Å². The normalized spacial score (nSPS) is 38.8. The van der Waals surface area contributed by atoms with Crippen LogP contribution in [0.3, 0.4) is 0 Å². The van der Waals surface area contributed by atoms with Gasteiger partial charge in [-0.25, -0.2) is 0 Å². The molecule has 0 aromatic rings. The lowest BCUT2D eigenvalue weighted by Gasteiger charge is -2.29. The summed E-state index contributed by atoms with van der Waals surface area (Å²) < 4.78 is 11.5. The highest BCUT2D eigenvalue weighted by Crippen LogP contribution is 2.29. The zero-order valence-electron chi connectivity index (χ0n) is 10.8. The zero-order valence-corrected chi connectivity index (χ0v) is 10.8. The maximum Gasteiger partial charge on any atom is 0.0707 e. The molecule has 1 N–H and O–H groups in total. The highest BCUT2D eigenvalue weighted by Gasteiger charge is 2.31. The molecule has 2 rings (SSSR count). The van der Waals surface area contributed by atoms with Gasteiger partial charge in [0.15, 0.2) is 0 Å². The van der Waals surface area contributed by atoms with E-state index < -0.39 is 0 Å². The van der Waals surface area contributed by atoms with E-state index in [9.17, 15) is 0 Å². The van der Waals surface area contributed by atoms with E-state index in [-0.39, 0.29) is 5.60 Å². The van der Waals surface area contributed by atoms with Crippen LogP contribution in [0.1, 0.15) is 46.5 Å². The number of hydrogen-bond acceptors (Lipinski definition) is 3. The van der Waals surface area contributed by atoms with Crippen LogP contribution in [0.15, 0.2) is 0 Å². The molecular weight excluding hydrogens is 202 g/mol. The van der Waals surface area contributed by atoms with Gasteiger partial charge in [-0.2, -0.15) is 0 Å². The SMILES string of the molecule is CC1CC(NCC2CCC(C)(C)O2)CCO1. The Morgan fingerprint density at radius 1 is 1.31 bits per heavy atom. The van der Waals surface area contributed by atoms with Crippen LogP contribution in [0.2, 0.25) is 0 Å². The molecule has 0 radical (unpaired) electrons. The molecular formula is C13H25NO2. The third-order valence-corrected chi connectivity index (χ3v) is 3.67. The molecule has 0 amide bonds.